The quantitative estimate of drug-likeness (QED) is 0.797. The Morgan fingerprint density at radius 2 is 2.16 bits per heavy atom. The normalized spacial score (nSPS) is 17.3. The van der Waals surface area contributed by atoms with Crippen molar-refractivity contribution in [3.63, 3.8) is 0 Å². The number of halogens is 1. The largest absolute Gasteiger partial charge is 0.487 e. The molecule has 0 bridgehead atoms. The molecule has 6 nitrogen and oxygen atoms in total. The molecular weight excluding hydrogens is 323 g/mol. The van der Waals surface area contributed by atoms with Gasteiger partial charge in [0.25, 0.3) is 5.91 Å². The van der Waals surface area contributed by atoms with Crippen LogP contribution in [-0.4, -0.2) is 28.8 Å². The number of aromatic amines is 1. The van der Waals surface area contributed by atoms with Gasteiger partial charge in [-0.2, -0.15) is 5.10 Å². The zero-order valence-corrected chi connectivity index (χ0v) is 13.9. The molecular formula is C18H21FN4O2. The molecule has 1 fully saturated rings. The molecule has 132 valence electrons. The van der Waals surface area contributed by atoms with Crippen molar-refractivity contribution in [3.05, 3.63) is 41.0 Å². The molecule has 1 aromatic carbocycles. The van der Waals surface area contributed by atoms with E-state index in [1.165, 1.54) is 6.07 Å². The molecule has 0 atom stereocenters. The van der Waals surface area contributed by atoms with Crippen molar-refractivity contribution >= 4 is 11.6 Å². The Labute approximate surface area is 145 Å². The highest BCUT2D eigenvalue weighted by Gasteiger charge is 2.22. The number of hydrogen-bond donors (Lipinski definition) is 3. The minimum atomic E-state index is -0.463. The fourth-order valence-electron chi connectivity index (χ4n) is 3.46. The first kappa shape index (κ1) is 16.1. The zero-order valence-electron chi connectivity index (χ0n) is 13.9. The molecule has 0 spiro atoms. The van der Waals surface area contributed by atoms with Crippen LogP contribution in [0.4, 0.5) is 10.1 Å². The average Bonchev–Trinajstić information content (AvgIpc) is 3.26. The molecule has 1 saturated carbocycles. The minimum Gasteiger partial charge on any atom is -0.487 e. The molecule has 2 heterocycles. The van der Waals surface area contributed by atoms with E-state index in [1.807, 2.05) is 0 Å². The molecule has 1 aliphatic heterocycles. The molecule has 0 radical (unpaired) electrons. The zero-order chi connectivity index (χ0) is 17.2. The van der Waals surface area contributed by atoms with Crippen molar-refractivity contribution in [2.75, 3.05) is 11.9 Å². The van der Waals surface area contributed by atoms with Gasteiger partial charge in [-0.25, -0.2) is 4.39 Å². The lowest BCUT2D eigenvalue weighted by Crippen LogP contribution is -2.25. The highest BCUT2D eigenvalue weighted by Crippen LogP contribution is 2.28. The summed E-state index contributed by atoms with van der Waals surface area (Å²) in [6.07, 6.45) is 5.11. The first-order chi connectivity index (χ1) is 12.2. The monoisotopic (exact) mass is 344 g/mol. The number of hydrogen-bond acceptors (Lipinski definition) is 4. The molecule has 0 saturated heterocycles. The van der Waals surface area contributed by atoms with Crippen molar-refractivity contribution in [2.24, 2.45) is 0 Å². The van der Waals surface area contributed by atoms with E-state index in [1.54, 1.807) is 12.1 Å². The van der Waals surface area contributed by atoms with Gasteiger partial charge >= 0.3 is 0 Å². The van der Waals surface area contributed by atoms with Crippen LogP contribution in [0.3, 0.4) is 0 Å². The van der Waals surface area contributed by atoms with Gasteiger partial charge in [-0.1, -0.05) is 0 Å². The molecule has 4 rings (SSSR count). The first-order valence-corrected chi connectivity index (χ1v) is 8.75. The number of H-pyrrole nitrogens is 1. The van der Waals surface area contributed by atoms with Gasteiger partial charge in [0.05, 0.1) is 6.10 Å². The summed E-state index contributed by atoms with van der Waals surface area (Å²) in [6.45, 7) is 1.47. The van der Waals surface area contributed by atoms with E-state index in [9.17, 15) is 9.18 Å². The van der Waals surface area contributed by atoms with Gasteiger partial charge in [0.15, 0.2) is 17.3 Å². The van der Waals surface area contributed by atoms with E-state index in [0.717, 1.165) is 49.9 Å². The first-order valence-electron chi connectivity index (χ1n) is 8.75. The SMILES string of the molecule is O=C(Nc1ccc(OC2CCCC2)c(F)c1)c1n[nH]c2c1CNCC2. The number of carbonyl (C=O) groups excluding carboxylic acids is 1. The second kappa shape index (κ2) is 6.84. The Hall–Kier alpha value is -2.41. The molecule has 1 aromatic heterocycles. The van der Waals surface area contributed by atoms with Crippen LogP contribution in [0, 0.1) is 5.82 Å². The summed E-state index contributed by atoms with van der Waals surface area (Å²) in [5, 5.41) is 12.9. The van der Waals surface area contributed by atoms with Crippen LogP contribution in [0.2, 0.25) is 0 Å². The van der Waals surface area contributed by atoms with Gasteiger partial charge in [0, 0.05) is 42.5 Å². The summed E-state index contributed by atoms with van der Waals surface area (Å²) in [5.74, 6) is -0.563. The summed E-state index contributed by atoms with van der Waals surface area (Å²) >= 11 is 0. The standard InChI is InChI=1S/C18H21FN4O2/c19-14-9-11(5-6-16(14)25-12-3-1-2-4-12)21-18(24)17-13-10-20-8-7-15(13)22-23-17/h5-6,9,12,20H,1-4,7-8,10H2,(H,21,24)(H,22,23). The Balaban J connectivity index is 1.46. The topological polar surface area (TPSA) is 79.0 Å². The fourth-order valence-corrected chi connectivity index (χ4v) is 3.46. The van der Waals surface area contributed by atoms with Gasteiger partial charge < -0.3 is 15.4 Å². The van der Waals surface area contributed by atoms with Gasteiger partial charge in [-0.15, -0.1) is 0 Å². The van der Waals surface area contributed by atoms with Crippen LogP contribution in [-0.2, 0) is 13.0 Å². The number of benzene rings is 1. The van der Waals surface area contributed by atoms with Crippen LogP contribution >= 0.6 is 0 Å². The summed E-state index contributed by atoms with van der Waals surface area (Å²) in [5.41, 5.74) is 2.61. The number of nitrogens with one attached hydrogen (secondary N) is 3. The summed E-state index contributed by atoms with van der Waals surface area (Å²) in [4.78, 5) is 12.4. The number of rotatable bonds is 4. The van der Waals surface area contributed by atoms with Crippen molar-refractivity contribution in [1.29, 1.82) is 0 Å². The number of anilines is 1. The number of aromatic nitrogens is 2. The molecule has 25 heavy (non-hydrogen) atoms. The number of ether oxygens (including phenoxy) is 1. The molecule has 2 aromatic rings. The van der Waals surface area contributed by atoms with E-state index >= 15 is 0 Å². The highest BCUT2D eigenvalue weighted by molar-refractivity contribution is 6.04. The third-order valence-electron chi connectivity index (χ3n) is 4.81. The molecule has 1 amide bonds. The van der Waals surface area contributed by atoms with Crippen molar-refractivity contribution in [3.8, 4) is 5.75 Å². The van der Waals surface area contributed by atoms with Crippen LogP contribution < -0.4 is 15.4 Å². The van der Waals surface area contributed by atoms with E-state index < -0.39 is 5.82 Å². The smallest absolute Gasteiger partial charge is 0.276 e. The lowest BCUT2D eigenvalue weighted by atomic mass is 10.1. The number of carbonyl (C=O) groups is 1. The molecule has 1 aliphatic carbocycles. The second-order valence-electron chi connectivity index (χ2n) is 6.58. The predicted octanol–water partition coefficient (Wildman–Crippen LogP) is 2.77. The third kappa shape index (κ3) is 3.37. The average molecular weight is 344 g/mol. The fraction of sp³-hybridized carbons (Fsp3) is 0.444. The molecule has 7 heteroatoms. The second-order valence-corrected chi connectivity index (χ2v) is 6.58. The summed E-state index contributed by atoms with van der Waals surface area (Å²) in [6, 6.07) is 4.52. The Morgan fingerprint density at radius 3 is 2.96 bits per heavy atom. The van der Waals surface area contributed by atoms with E-state index in [0.29, 0.717) is 17.9 Å². The number of nitrogens with zero attached hydrogens (tertiary/aromatic N) is 1. The molecule has 3 N–H and O–H groups in total. The van der Waals surface area contributed by atoms with E-state index in [4.69, 9.17) is 4.74 Å². The van der Waals surface area contributed by atoms with Crippen LogP contribution in [0.15, 0.2) is 18.2 Å². The van der Waals surface area contributed by atoms with Gasteiger partial charge in [-0.05, 0) is 37.8 Å². The molecule has 2 aliphatic rings. The number of fused-ring (bicyclic) bond motifs is 1. The highest BCUT2D eigenvalue weighted by atomic mass is 19.1. The predicted molar refractivity (Wildman–Crippen MR) is 91.2 cm³/mol. The third-order valence-corrected chi connectivity index (χ3v) is 4.81. The van der Waals surface area contributed by atoms with Gasteiger partial charge in [0.2, 0.25) is 0 Å². The maximum atomic E-state index is 14.3. The van der Waals surface area contributed by atoms with E-state index in [2.05, 4.69) is 20.8 Å². The summed E-state index contributed by atoms with van der Waals surface area (Å²) in [7, 11) is 0. The van der Waals surface area contributed by atoms with Crippen molar-refractivity contribution < 1.29 is 13.9 Å². The maximum Gasteiger partial charge on any atom is 0.276 e. The lowest BCUT2D eigenvalue weighted by molar-refractivity contribution is 0.102. The number of amides is 1. The Bertz CT molecular complexity index is 783. The Kier molecular flexibility index (Phi) is 4.40. The van der Waals surface area contributed by atoms with Gasteiger partial charge in [0.1, 0.15) is 0 Å². The molecule has 0 unspecified atom stereocenters. The van der Waals surface area contributed by atoms with Crippen molar-refractivity contribution in [1.82, 2.24) is 15.5 Å². The van der Waals surface area contributed by atoms with E-state index in [-0.39, 0.29) is 17.8 Å². The van der Waals surface area contributed by atoms with Crippen LogP contribution in [0.1, 0.15) is 47.4 Å². The van der Waals surface area contributed by atoms with Gasteiger partial charge in [-0.3, -0.25) is 9.89 Å². The van der Waals surface area contributed by atoms with Crippen molar-refractivity contribution in [2.45, 2.75) is 44.8 Å². The van der Waals surface area contributed by atoms with Crippen LogP contribution in [0.5, 0.6) is 5.75 Å². The Morgan fingerprint density at radius 1 is 1.32 bits per heavy atom. The van der Waals surface area contributed by atoms with Crippen LogP contribution in [0.25, 0.3) is 0 Å². The summed E-state index contributed by atoms with van der Waals surface area (Å²) < 4.78 is 20.0. The maximum absolute atomic E-state index is 14.3. The lowest BCUT2D eigenvalue weighted by Gasteiger charge is -2.15. The minimum absolute atomic E-state index is 0.0954.